The second kappa shape index (κ2) is 10.6. The first-order valence-electron chi connectivity index (χ1n) is 11.5. The molecule has 9 heteroatoms. The zero-order chi connectivity index (χ0) is 23.3. The van der Waals surface area contributed by atoms with Gasteiger partial charge in [-0.05, 0) is 67.9 Å². The molecular formula is C24H32N4O4S. The van der Waals surface area contributed by atoms with Crippen LogP contribution in [-0.4, -0.2) is 71.2 Å². The number of ether oxygens (including phenoxy) is 1. The second-order valence-electron chi connectivity index (χ2n) is 8.43. The number of anilines is 2. The molecule has 1 atom stereocenters. The van der Waals surface area contributed by atoms with Crippen molar-refractivity contribution in [3.8, 4) is 0 Å². The summed E-state index contributed by atoms with van der Waals surface area (Å²) in [5.41, 5.74) is 2.24. The van der Waals surface area contributed by atoms with Crippen LogP contribution < -0.4 is 14.9 Å². The lowest BCUT2D eigenvalue weighted by molar-refractivity contribution is 0.102. The molecule has 0 spiro atoms. The van der Waals surface area contributed by atoms with Gasteiger partial charge in [0.25, 0.3) is 5.91 Å². The third-order valence-electron chi connectivity index (χ3n) is 6.26. The Morgan fingerprint density at radius 2 is 1.73 bits per heavy atom. The van der Waals surface area contributed by atoms with Crippen LogP contribution in [0.25, 0.3) is 0 Å². The number of rotatable bonds is 8. The highest BCUT2D eigenvalue weighted by Crippen LogP contribution is 2.20. The number of sulfonamides is 1. The number of nitrogens with one attached hydrogen (secondary N) is 2. The largest absolute Gasteiger partial charge is 0.377 e. The van der Waals surface area contributed by atoms with Crippen LogP contribution in [0.3, 0.4) is 0 Å². The predicted octanol–water partition coefficient (Wildman–Crippen LogP) is 2.54. The second-order valence-corrected chi connectivity index (χ2v) is 10.2. The van der Waals surface area contributed by atoms with E-state index in [1.54, 1.807) is 0 Å². The van der Waals surface area contributed by atoms with Crippen molar-refractivity contribution in [2.75, 3.05) is 56.1 Å². The van der Waals surface area contributed by atoms with Crippen molar-refractivity contribution in [2.24, 2.45) is 0 Å². The van der Waals surface area contributed by atoms with Gasteiger partial charge in [0, 0.05) is 56.3 Å². The van der Waals surface area contributed by atoms with E-state index in [-0.39, 0.29) is 23.5 Å². The highest BCUT2D eigenvalue weighted by molar-refractivity contribution is 7.89. The van der Waals surface area contributed by atoms with Gasteiger partial charge in [-0.2, -0.15) is 0 Å². The minimum absolute atomic E-state index is 0.0721. The topological polar surface area (TPSA) is 91.0 Å². The fourth-order valence-corrected chi connectivity index (χ4v) is 5.22. The number of carbonyl (C=O) groups excluding carboxylic acids is 1. The van der Waals surface area contributed by atoms with Crippen molar-refractivity contribution in [2.45, 2.75) is 30.8 Å². The maximum Gasteiger partial charge on any atom is 0.255 e. The fourth-order valence-electron chi connectivity index (χ4n) is 4.16. The van der Waals surface area contributed by atoms with Crippen LogP contribution >= 0.6 is 0 Å². The van der Waals surface area contributed by atoms with Crippen LogP contribution in [-0.2, 0) is 14.8 Å². The standard InChI is InChI=1S/C24H32N4O4S/c1-2-27-13-15-28(16-14-27)21-9-7-20(8-10-21)26-24(29)19-5-11-23(12-6-19)33(30,31)25-18-22-4-3-17-32-22/h5-12,22,25H,2-4,13-18H2,1H3,(H,26,29)/t22-/m1/s1. The number of amides is 1. The molecule has 2 aliphatic rings. The van der Waals surface area contributed by atoms with E-state index in [0.717, 1.165) is 51.3 Å². The molecule has 2 aromatic carbocycles. The fraction of sp³-hybridized carbons (Fsp3) is 0.458. The summed E-state index contributed by atoms with van der Waals surface area (Å²) in [7, 11) is -3.64. The molecule has 178 valence electrons. The van der Waals surface area contributed by atoms with Crippen molar-refractivity contribution >= 4 is 27.3 Å². The molecule has 2 N–H and O–H groups in total. The lowest BCUT2D eigenvalue weighted by Crippen LogP contribution is -2.46. The number of benzene rings is 2. The zero-order valence-corrected chi connectivity index (χ0v) is 19.8. The quantitative estimate of drug-likeness (QED) is 0.614. The lowest BCUT2D eigenvalue weighted by atomic mass is 10.2. The Kier molecular flexibility index (Phi) is 7.64. The summed E-state index contributed by atoms with van der Waals surface area (Å²) in [6.45, 7) is 8.31. The van der Waals surface area contributed by atoms with Crippen molar-refractivity contribution in [1.29, 1.82) is 0 Å². The van der Waals surface area contributed by atoms with Crippen LogP contribution in [0.5, 0.6) is 0 Å². The Balaban J connectivity index is 1.32. The van der Waals surface area contributed by atoms with Gasteiger partial charge in [-0.1, -0.05) is 6.92 Å². The number of likely N-dealkylation sites (N-methyl/N-ethyl adjacent to an activating group) is 1. The molecule has 4 rings (SSSR count). The predicted molar refractivity (Wildman–Crippen MR) is 129 cm³/mol. The average molecular weight is 473 g/mol. The molecule has 1 amide bonds. The normalized spacial score (nSPS) is 19.5. The van der Waals surface area contributed by atoms with Gasteiger partial charge in [0.05, 0.1) is 11.0 Å². The van der Waals surface area contributed by atoms with E-state index in [4.69, 9.17) is 4.74 Å². The van der Waals surface area contributed by atoms with Crippen molar-refractivity contribution < 1.29 is 17.9 Å². The molecule has 0 saturated carbocycles. The zero-order valence-electron chi connectivity index (χ0n) is 19.0. The Hall–Kier alpha value is -2.46. The minimum Gasteiger partial charge on any atom is -0.377 e. The first kappa shape index (κ1) is 23.7. The van der Waals surface area contributed by atoms with Crippen molar-refractivity contribution in [3.63, 3.8) is 0 Å². The molecule has 0 radical (unpaired) electrons. The number of hydrogen-bond donors (Lipinski definition) is 2. The van der Waals surface area contributed by atoms with Crippen LogP contribution in [0.15, 0.2) is 53.4 Å². The molecule has 0 aromatic heterocycles. The summed E-state index contributed by atoms with van der Waals surface area (Å²) < 4.78 is 33.0. The molecule has 8 nitrogen and oxygen atoms in total. The van der Waals surface area contributed by atoms with Crippen molar-refractivity contribution in [1.82, 2.24) is 9.62 Å². The summed E-state index contributed by atoms with van der Waals surface area (Å²) in [4.78, 5) is 17.5. The number of carbonyl (C=O) groups is 1. The number of hydrogen-bond acceptors (Lipinski definition) is 6. The van der Waals surface area contributed by atoms with Gasteiger partial charge >= 0.3 is 0 Å². The highest BCUT2D eigenvalue weighted by atomic mass is 32.2. The Morgan fingerprint density at radius 1 is 1.03 bits per heavy atom. The van der Waals surface area contributed by atoms with E-state index < -0.39 is 10.0 Å². The smallest absolute Gasteiger partial charge is 0.255 e. The monoisotopic (exact) mass is 472 g/mol. The van der Waals surface area contributed by atoms with Crippen molar-refractivity contribution in [3.05, 3.63) is 54.1 Å². The van der Waals surface area contributed by atoms with E-state index in [9.17, 15) is 13.2 Å². The third-order valence-corrected chi connectivity index (χ3v) is 7.70. The summed E-state index contributed by atoms with van der Waals surface area (Å²) in [6.07, 6.45) is 1.74. The first-order valence-corrected chi connectivity index (χ1v) is 13.0. The third kappa shape index (κ3) is 6.11. The first-order chi connectivity index (χ1) is 15.9. The molecule has 2 saturated heterocycles. The van der Waals surface area contributed by atoms with Gasteiger partial charge in [0.2, 0.25) is 10.0 Å². The van der Waals surface area contributed by atoms with Crippen LogP contribution in [0.2, 0.25) is 0 Å². The highest BCUT2D eigenvalue weighted by Gasteiger charge is 2.21. The van der Waals surface area contributed by atoms with Crippen LogP contribution in [0, 0.1) is 0 Å². The van der Waals surface area contributed by atoms with Gasteiger partial charge in [-0.3, -0.25) is 4.79 Å². The van der Waals surface area contributed by atoms with E-state index in [2.05, 4.69) is 26.8 Å². The SMILES string of the molecule is CCN1CCN(c2ccc(NC(=O)c3ccc(S(=O)(=O)NC[C@H]4CCCO4)cc3)cc2)CC1. The average Bonchev–Trinajstić information content (AvgIpc) is 3.37. The van der Waals surface area contributed by atoms with E-state index >= 15 is 0 Å². The molecule has 0 bridgehead atoms. The van der Waals surface area contributed by atoms with Crippen LogP contribution in [0.1, 0.15) is 30.1 Å². The summed E-state index contributed by atoms with van der Waals surface area (Å²) in [6, 6.07) is 13.8. The van der Waals surface area contributed by atoms with Gasteiger partial charge in [-0.15, -0.1) is 0 Å². The van der Waals surface area contributed by atoms with E-state index in [1.807, 2.05) is 24.3 Å². The Bertz CT molecular complexity index is 1030. The number of piperazine rings is 1. The molecule has 0 aliphatic carbocycles. The van der Waals surface area contributed by atoms with Gasteiger partial charge < -0.3 is 19.9 Å². The molecule has 2 aromatic rings. The summed E-state index contributed by atoms with van der Waals surface area (Å²) in [5, 5.41) is 2.88. The van der Waals surface area contributed by atoms with Gasteiger partial charge in [-0.25, -0.2) is 13.1 Å². The van der Waals surface area contributed by atoms with E-state index in [1.165, 1.54) is 24.3 Å². The summed E-state index contributed by atoms with van der Waals surface area (Å²) in [5.74, 6) is -0.282. The molecular weight excluding hydrogens is 440 g/mol. The molecule has 2 heterocycles. The Labute approximate surface area is 196 Å². The molecule has 33 heavy (non-hydrogen) atoms. The lowest BCUT2D eigenvalue weighted by Gasteiger charge is -2.35. The molecule has 2 aliphatic heterocycles. The van der Waals surface area contributed by atoms with E-state index in [0.29, 0.717) is 17.9 Å². The molecule has 0 unspecified atom stereocenters. The minimum atomic E-state index is -3.64. The molecule has 2 fully saturated rings. The van der Waals surface area contributed by atoms with Crippen LogP contribution in [0.4, 0.5) is 11.4 Å². The Morgan fingerprint density at radius 3 is 2.33 bits per heavy atom. The maximum absolute atomic E-state index is 12.6. The van der Waals surface area contributed by atoms with Gasteiger partial charge in [0.15, 0.2) is 0 Å². The maximum atomic E-state index is 12.6. The summed E-state index contributed by atoms with van der Waals surface area (Å²) >= 11 is 0. The number of nitrogens with zero attached hydrogens (tertiary/aromatic N) is 2. The van der Waals surface area contributed by atoms with Gasteiger partial charge in [0.1, 0.15) is 0 Å².